The van der Waals surface area contributed by atoms with Gasteiger partial charge in [0, 0.05) is 19.8 Å². The number of anilines is 1. The first-order valence-corrected chi connectivity index (χ1v) is 13.2. The second-order valence-corrected chi connectivity index (χ2v) is 10.3. The van der Waals surface area contributed by atoms with E-state index in [9.17, 15) is 9.59 Å². The molecule has 0 aliphatic carbocycles. The molecule has 4 rings (SSSR count). The Bertz CT molecular complexity index is 1500. The summed E-state index contributed by atoms with van der Waals surface area (Å²) in [6.07, 6.45) is 1.83. The number of thiazole rings is 1. The second kappa shape index (κ2) is 10.8. The zero-order valence-electron chi connectivity index (χ0n) is 20.9. The van der Waals surface area contributed by atoms with Crippen molar-refractivity contribution in [3.8, 4) is 5.75 Å². The van der Waals surface area contributed by atoms with Crippen molar-refractivity contribution in [2.45, 2.75) is 26.8 Å². The standard InChI is InChI=1S/C27H28BrN3O4S/c1-6-34-21-13-8-17(14-20(21)28)15-22-25(32)31-24(18-9-11-19(12-10-18)30(4)5)23(26(33)35-7-2)16(3)29-27(31)36-22/h8-15,24H,6-7H2,1-5H3/b22-15-/t24-/m1/s1. The van der Waals surface area contributed by atoms with E-state index in [0.29, 0.717) is 27.2 Å². The van der Waals surface area contributed by atoms with Crippen LogP contribution in [0.4, 0.5) is 5.69 Å². The van der Waals surface area contributed by atoms with Crippen molar-refractivity contribution in [2.24, 2.45) is 4.99 Å². The van der Waals surface area contributed by atoms with Gasteiger partial charge in [0.25, 0.3) is 5.56 Å². The molecule has 1 aliphatic rings. The summed E-state index contributed by atoms with van der Waals surface area (Å²) in [4.78, 5) is 33.9. The Morgan fingerprint density at radius 2 is 1.89 bits per heavy atom. The van der Waals surface area contributed by atoms with E-state index in [1.807, 2.05) is 74.5 Å². The summed E-state index contributed by atoms with van der Waals surface area (Å²) in [6.45, 7) is 6.28. The van der Waals surface area contributed by atoms with Crippen molar-refractivity contribution >= 4 is 45.0 Å². The molecular weight excluding hydrogens is 542 g/mol. The van der Waals surface area contributed by atoms with Gasteiger partial charge in [0.1, 0.15) is 5.75 Å². The molecule has 0 unspecified atom stereocenters. The minimum absolute atomic E-state index is 0.209. The fraction of sp³-hybridized carbons (Fsp3) is 0.296. The maximum Gasteiger partial charge on any atom is 0.338 e. The number of esters is 1. The van der Waals surface area contributed by atoms with Crippen LogP contribution in [-0.4, -0.2) is 37.8 Å². The van der Waals surface area contributed by atoms with Crippen LogP contribution in [0.25, 0.3) is 6.08 Å². The molecular formula is C27H28BrN3O4S. The van der Waals surface area contributed by atoms with Gasteiger partial charge in [-0.25, -0.2) is 9.79 Å². The Morgan fingerprint density at radius 3 is 2.50 bits per heavy atom. The predicted octanol–water partition coefficient (Wildman–Crippen LogP) is 4.03. The summed E-state index contributed by atoms with van der Waals surface area (Å²) in [5.74, 6) is 0.275. The van der Waals surface area contributed by atoms with Crippen molar-refractivity contribution in [2.75, 3.05) is 32.2 Å². The minimum Gasteiger partial charge on any atom is -0.493 e. The highest BCUT2D eigenvalue weighted by atomic mass is 79.9. The van der Waals surface area contributed by atoms with Crippen LogP contribution in [0.5, 0.6) is 5.75 Å². The number of nitrogens with zero attached hydrogens (tertiary/aromatic N) is 3. The molecule has 1 atom stereocenters. The van der Waals surface area contributed by atoms with Crippen molar-refractivity contribution in [1.82, 2.24) is 4.57 Å². The quantitative estimate of drug-likeness (QED) is 0.402. The Balaban J connectivity index is 1.89. The first kappa shape index (κ1) is 25.9. The number of carbonyl (C=O) groups is 1. The van der Waals surface area contributed by atoms with Gasteiger partial charge in [-0.15, -0.1) is 0 Å². The molecule has 0 fully saturated rings. The van der Waals surface area contributed by atoms with Crippen LogP contribution in [0.1, 0.15) is 37.9 Å². The normalized spacial score (nSPS) is 15.4. The number of rotatable bonds is 7. The Kier molecular flexibility index (Phi) is 7.80. The van der Waals surface area contributed by atoms with Crippen LogP contribution >= 0.6 is 27.3 Å². The molecule has 0 saturated carbocycles. The van der Waals surface area contributed by atoms with Crippen molar-refractivity contribution in [3.05, 3.63) is 89.0 Å². The Hall–Kier alpha value is -3.17. The third-order valence-corrected chi connectivity index (χ3v) is 7.40. The number of hydrogen-bond acceptors (Lipinski definition) is 7. The van der Waals surface area contributed by atoms with Crippen LogP contribution in [0.2, 0.25) is 0 Å². The first-order valence-electron chi connectivity index (χ1n) is 11.6. The van der Waals surface area contributed by atoms with Crippen molar-refractivity contribution < 1.29 is 14.3 Å². The van der Waals surface area contributed by atoms with Gasteiger partial charge in [0.2, 0.25) is 0 Å². The van der Waals surface area contributed by atoms with E-state index in [0.717, 1.165) is 27.0 Å². The second-order valence-electron chi connectivity index (χ2n) is 8.41. The van der Waals surface area contributed by atoms with Crippen LogP contribution < -0.4 is 24.5 Å². The van der Waals surface area contributed by atoms with E-state index < -0.39 is 12.0 Å². The van der Waals surface area contributed by atoms with Gasteiger partial charge in [-0.05, 0) is 78.2 Å². The third kappa shape index (κ3) is 5.03. The van der Waals surface area contributed by atoms with Gasteiger partial charge in [-0.2, -0.15) is 0 Å². The molecule has 9 heteroatoms. The van der Waals surface area contributed by atoms with E-state index >= 15 is 0 Å². The lowest BCUT2D eigenvalue weighted by atomic mass is 9.95. The summed E-state index contributed by atoms with van der Waals surface area (Å²) in [6, 6.07) is 12.9. The number of aromatic nitrogens is 1. The molecule has 0 saturated heterocycles. The molecule has 1 aromatic heterocycles. The molecule has 2 aromatic carbocycles. The number of ether oxygens (including phenoxy) is 2. The Labute approximate surface area is 222 Å². The van der Waals surface area contributed by atoms with Crippen LogP contribution in [0, 0.1) is 0 Å². The number of carbonyl (C=O) groups excluding carboxylic acids is 1. The smallest absolute Gasteiger partial charge is 0.338 e. The maximum absolute atomic E-state index is 13.7. The summed E-state index contributed by atoms with van der Waals surface area (Å²) in [5.41, 5.74) is 3.40. The van der Waals surface area contributed by atoms with Gasteiger partial charge in [0.05, 0.1) is 39.5 Å². The van der Waals surface area contributed by atoms with E-state index in [1.54, 1.807) is 18.4 Å². The predicted molar refractivity (Wildman–Crippen MR) is 146 cm³/mol. The molecule has 3 aromatic rings. The molecule has 0 bridgehead atoms. The highest BCUT2D eigenvalue weighted by molar-refractivity contribution is 9.10. The zero-order chi connectivity index (χ0) is 26.0. The monoisotopic (exact) mass is 569 g/mol. The van der Waals surface area contributed by atoms with E-state index in [-0.39, 0.29) is 12.2 Å². The van der Waals surface area contributed by atoms with E-state index in [2.05, 4.69) is 20.9 Å². The molecule has 188 valence electrons. The topological polar surface area (TPSA) is 73.1 Å². The highest BCUT2D eigenvalue weighted by Gasteiger charge is 2.33. The molecule has 1 aliphatic heterocycles. The lowest BCUT2D eigenvalue weighted by Crippen LogP contribution is -2.39. The molecule has 0 amide bonds. The van der Waals surface area contributed by atoms with Crippen LogP contribution in [-0.2, 0) is 9.53 Å². The largest absolute Gasteiger partial charge is 0.493 e. The van der Waals surface area contributed by atoms with Crippen LogP contribution in [0.3, 0.4) is 0 Å². The SMILES string of the molecule is CCOC(=O)C1=C(C)N=c2s/c(=C\c3ccc(OCC)c(Br)c3)c(=O)n2[C@@H]1c1ccc(N(C)C)cc1. The van der Waals surface area contributed by atoms with E-state index in [1.165, 1.54) is 11.3 Å². The average molecular weight is 571 g/mol. The summed E-state index contributed by atoms with van der Waals surface area (Å²) >= 11 is 4.84. The number of benzene rings is 2. The minimum atomic E-state index is -0.634. The molecule has 36 heavy (non-hydrogen) atoms. The van der Waals surface area contributed by atoms with Crippen LogP contribution in [0.15, 0.2) is 68.0 Å². The fourth-order valence-corrected chi connectivity index (χ4v) is 5.65. The Morgan fingerprint density at radius 1 is 1.17 bits per heavy atom. The van der Waals surface area contributed by atoms with Gasteiger partial charge in [-0.3, -0.25) is 9.36 Å². The first-order chi connectivity index (χ1) is 17.2. The number of allylic oxidation sites excluding steroid dienone is 1. The third-order valence-electron chi connectivity index (χ3n) is 5.80. The van der Waals surface area contributed by atoms with Crippen molar-refractivity contribution in [3.63, 3.8) is 0 Å². The van der Waals surface area contributed by atoms with Gasteiger partial charge >= 0.3 is 5.97 Å². The van der Waals surface area contributed by atoms with Gasteiger partial charge in [-0.1, -0.05) is 29.5 Å². The lowest BCUT2D eigenvalue weighted by Gasteiger charge is -2.25. The highest BCUT2D eigenvalue weighted by Crippen LogP contribution is 2.32. The fourth-order valence-electron chi connectivity index (χ4n) is 4.09. The lowest BCUT2D eigenvalue weighted by molar-refractivity contribution is -0.139. The average Bonchev–Trinajstić information content (AvgIpc) is 3.14. The summed E-state index contributed by atoms with van der Waals surface area (Å²) < 4.78 is 13.9. The number of halogens is 1. The van der Waals surface area contributed by atoms with Gasteiger partial charge in [0.15, 0.2) is 4.80 Å². The molecule has 0 spiro atoms. The van der Waals surface area contributed by atoms with Gasteiger partial charge < -0.3 is 14.4 Å². The molecule has 0 radical (unpaired) electrons. The number of fused-ring (bicyclic) bond motifs is 1. The molecule has 0 N–H and O–H groups in total. The zero-order valence-corrected chi connectivity index (χ0v) is 23.3. The summed E-state index contributed by atoms with van der Waals surface area (Å²) in [5, 5.41) is 0. The van der Waals surface area contributed by atoms with E-state index in [4.69, 9.17) is 9.47 Å². The summed E-state index contributed by atoms with van der Waals surface area (Å²) in [7, 11) is 3.93. The molecule has 7 nitrogen and oxygen atoms in total. The number of hydrogen-bond donors (Lipinski definition) is 0. The maximum atomic E-state index is 13.7. The van der Waals surface area contributed by atoms with Crippen molar-refractivity contribution in [1.29, 1.82) is 0 Å². The molecule has 2 heterocycles.